The quantitative estimate of drug-likeness (QED) is 0.321. The number of aromatic nitrogens is 4. The first-order valence-electron chi connectivity index (χ1n) is 10.6. The molecule has 4 N–H and O–H groups in total. The molecule has 0 fully saturated rings. The number of carbonyl (C=O) groups excluding carboxylic acids is 1. The highest BCUT2D eigenvalue weighted by molar-refractivity contribution is 6.30. The van der Waals surface area contributed by atoms with Crippen LogP contribution in [0.4, 0.5) is 24.8 Å². The molecule has 0 aliphatic heterocycles. The second-order valence-corrected chi connectivity index (χ2v) is 8.14. The lowest BCUT2D eigenvalue weighted by Gasteiger charge is -2.11. The Hall–Kier alpha value is -3.86. The van der Waals surface area contributed by atoms with Gasteiger partial charge in [-0.25, -0.2) is 14.5 Å². The van der Waals surface area contributed by atoms with Crippen molar-refractivity contribution in [2.24, 2.45) is 0 Å². The van der Waals surface area contributed by atoms with Crippen LogP contribution in [0.3, 0.4) is 0 Å². The summed E-state index contributed by atoms with van der Waals surface area (Å²) in [4.78, 5) is 20.8. The zero-order valence-electron chi connectivity index (χ0n) is 18.5. The van der Waals surface area contributed by atoms with E-state index in [4.69, 9.17) is 17.3 Å². The van der Waals surface area contributed by atoms with E-state index in [0.717, 1.165) is 28.9 Å². The first-order chi connectivity index (χ1) is 16.7. The number of nitrogens with two attached hydrogens (primary N) is 1. The molecule has 0 saturated carbocycles. The molecule has 0 spiro atoms. The largest absolute Gasteiger partial charge is 0.418 e. The van der Waals surface area contributed by atoms with E-state index >= 15 is 0 Å². The van der Waals surface area contributed by atoms with E-state index in [-0.39, 0.29) is 34.0 Å². The van der Waals surface area contributed by atoms with Gasteiger partial charge < -0.3 is 16.4 Å². The van der Waals surface area contributed by atoms with Crippen LogP contribution in [0, 0.1) is 0 Å². The van der Waals surface area contributed by atoms with Gasteiger partial charge in [0.2, 0.25) is 0 Å². The van der Waals surface area contributed by atoms with Gasteiger partial charge in [-0.1, -0.05) is 23.7 Å². The molecule has 3 heterocycles. The van der Waals surface area contributed by atoms with Gasteiger partial charge in [0.1, 0.15) is 17.7 Å². The van der Waals surface area contributed by atoms with E-state index < -0.39 is 17.6 Å². The zero-order chi connectivity index (χ0) is 25.2. The van der Waals surface area contributed by atoms with Gasteiger partial charge >= 0.3 is 6.18 Å². The number of alkyl halides is 3. The molecule has 4 rings (SSSR count). The molecule has 182 valence electrons. The smallest absolute Gasteiger partial charge is 0.382 e. The normalized spacial score (nSPS) is 11.6. The molecule has 0 unspecified atom stereocenters. The van der Waals surface area contributed by atoms with Crippen LogP contribution in [0.5, 0.6) is 0 Å². The van der Waals surface area contributed by atoms with Crippen molar-refractivity contribution in [2.45, 2.75) is 19.0 Å². The van der Waals surface area contributed by atoms with Crippen LogP contribution >= 0.6 is 11.6 Å². The third-order valence-corrected chi connectivity index (χ3v) is 5.65. The number of nitrogens with one attached hydrogen (secondary N) is 2. The number of nitrogen functional groups attached to an aromatic ring is 1. The van der Waals surface area contributed by atoms with Crippen LogP contribution < -0.4 is 16.4 Å². The first-order valence-corrected chi connectivity index (χ1v) is 11.0. The van der Waals surface area contributed by atoms with Crippen molar-refractivity contribution in [3.05, 3.63) is 70.6 Å². The molecular weight excluding hydrogens is 483 g/mol. The second kappa shape index (κ2) is 9.79. The third-order valence-electron chi connectivity index (χ3n) is 5.39. The summed E-state index contributed by atoms with van der Waals surface area (Å²) in [6, 6.07) is 9.84. The summed E-state index contributed by atoms with van der Waals surface area (Å²) < 4.78 is 42.0. The van der Waals surface area contributed by atoms with Crippen molar-refractivity contribution in [2.75, 3.05) is 24.6 Å². The van der Waals surface area contributed by atoms with Crippen molar-refractivity contribution in [3.63, 3.8) is 0 Å². The number of rotatable bonds is 7. The third kappa shape index (κ3) is 5.14. The summed E-state index contributed by atoms with van der Waals surface area (Å²) in [7, 11) is 1.60. The summed E-state index contributed by atoms with van der Waals surface area (Å²) in [5.41, 5.74) is 5.99. The Morgan fingerprint density at radius 3 is 2.60 bits per heavy atom. The van der Waals surface area contributed by atoms with Gasteiger partial charge in [0, 0.05) is 30.4 Å². The Morgan fingerprint density at radius 2 is 1.91 bits per heavy atom. The Labute approximate surface area is 203 Å². The lowest BCUT2D eigenvalue weighted by atomic mass is 10.1. The highest BCUT2D eigenvalue weighted by Crippen LogP contribution is 2.38. The van der Waals surface area contributed by atoms with Gasteiger partial charge in [0.25, 0.3) is 5.91 Å². The monoisotopic (exact) mass is 503 g/mol. The topological polar surface area (TPSA) is 110 Å². The average molecular weight is 504 g/mol. The van der Waals surface area contributed by atoms with E-state index in [1.807, 2.05) is 12.1 Å². The predicted octanol–water partition coefficient (Wildman–Crippen LogP) is 4.45. The zero-order valence-corrected chi connectivity index (χ0v) is 19.3. The Kier molecular flexibility index (Phi) is 6.79. The molecule has 0 aliphatic rings. The van der Waals surface area contributed by atoms with Crippen molar-refractivity contribution < 1.29 is 18.0 Å². The number of benzene rings is 1. The fourth-order valence-electron chi connectivity index (χ4n) is 3.71. The first kappa shape index (κ1) is 24.3. The van der Waals surface area contributed by atoms with E-state index in [9.17, 15) is 18.0 Å². The maximum atomic E-state index is 13.6. The van der Waals surface area contributed by atoms with Crippen molar-refractivity contribution in [1.29, 1.82) is 0 Å². The van der Waals surface area contributed by atoms with Crippen molar-refractivity contribution in [3.8, 4) is 11.3 Å². The molecule has 1 aromatic carbocycles. The molecule has 1 amide bonds. The number of halogens is 4. The fraction of sp³-hybridized carbons (Fsp3) is 0.217. The molecule has 0 atom stereocenters. The average Bonchev–Trinajstić information content (AvgIpc) is 3.24. The minimum atomic E-state index is -4.68. The number of amides is 1. The molecule has 12 heteroatoms. The fourth-order valence-corrected chi connectivity index (χ4v) is 3.83. The van der Waals surface area contributed by atoms with Gasteiger partial charge in [0.15, 0.2) is 5.82 Å². The molecule has 0 bridgehead atoms. The predicted molar refractivity (Wildman–Crippen MR) is 127 cm³/mol. The number of anilines is 2. The summed E-state index contributed by atoms with van der Waals surface area (Å²) in [6.07, 6.45) is -0.819. The standard InChI is InChI=1S/C23H21ClF3N7O/c1-29-21-16(22(35)30-8-2-3-13-4-6-15(24)7-5-13)9-14(11-31-21)18-10-17(23(25,26)27)19-20(28)32-12-33-34(18)19/h4-7,9-12H,2-3,8H2,1H3,(H,29,31)(H,30,35)(H2,28,32,33). The number of carbonyl (C=O) groups is 1. The van der Waals surface area contributed by atoms with E-state index in [1.165, 1.54) is 12.3 Å². The molecular formula is C23H21ClF3N7O. The number of hydrogen-bond donors (Lipinski definition) is 3. The number of aryl methyl sites for hydroxylation is 1. The van der Waals surface area contributed by atoms with Crippen LogP contribution in [0.15, 0.2) is 48.9 Å². The summed E-state index contributed by atoms with van der Waals surface area (Å²) >= 11 is 5.89. The van der Waals surface area contributed by atoms with Gasteiger partial charge in [-0.3, -0.25) is 4.79 Å². The van der Waals surface area contributed by atoms with E-state index in [1.54, 1.807) is 19.2 Å². The Balaban J connectivity index is 1.59. The van der Waals surface area contributed by atoms with Gasteiger partial charge in [-0.2, -0.15) is 18.3 Å². The SMILES string of the molecule is CNc1ncc(-c2cc(C(F)(F)F)c3c(N)ncnn23)cc1C(=O)NCCCc1ccc(Cl)cc1. The van der Waals surface area contributed by atoms with Crippen molar-refractivity contribution >= 4 is 34.7 Å². The molecule has 0 aliphatic carbocycles. The highest BCUT2D eigenvalue weighted by atomic mass is 35.5. The van der Waals surface area contributed by atoms with Crippen LogP contribution in [0.2, 0.25) is 5.02 Å². The van der Waals surface area contributed by atoms with Crippen LogP contribution in [0.1, 0.15) is 27.9 Å². The maximum Gasteiger partial charge on any atom is 0.418 e. The minimum Gasteiger partial charge on any atom is -0.382 e. The van der Waals surface area contributed by atoms with Crippen LogP contribution in [-0.4, -0.2) is 39.1 Å². The van der Waals surface area contributed by atoms with Gasteiger partial charge in [-0.05, 0) is 42.7 Å². The molecule has 0 saturated heterocycles. The van der Waals surface area contributed by atoms with Crippen LogP contribution in [-0.2, 0) is 12.6 Å². The van der Waals surface area contributed by atoms with Gasteiger partial charge in [0.05, 0.1) is 16.8 Å². The van der Waals surface area contributed by atoms with Crippen molar-refractivity contribution in [1.82, 2.24) is 24.9 Å². The van der Waals surface area contributed by atoms with E-state index in [0.29, 0.717) is 18.0 Å². The molecule has 35 heavy (non-hydrogen) atoms. The molecule has 0 radical (unpaired) electrons. The molecule has 4 aromatic rings. The second-order valence-electron chi connectivity index (χ2n) is 7.70. The maximum absolute atomic E-state index is 13.6. The van der Waals surface area contributed by atoms with Gasteiger partial charge in [-0.15, -0.1) is 0 Å². The number of pyridine rings is 1. The minimum absolute atomic E-state index is 0.0772. The van der Waals surface area contributed by atoms with Crippen LogP contribution in [0.25, 0.3) is 16.8 Å². The number of hydrogen-bond acceptors (Lipinski definition) is 6. The highest BCUT2D eigenvalue weighted by Gasteiger charge is 2.36. The van der Waals surface area contributed by atoms with E-state index in [2.05, 4.69) is 25.7 Å². The number of fused-ring (bicyclic) bond motifs is 1. The summed E-state index contributed by atoms with van der Waals surface area (Å²) in [5.74, 6) is -0.433. The summed E-state index contributed by atoms with van der Waals surface area (Å²) in [5, 5.41) is 10.3. The molecule has 3 aromatic heterocycles. The summed E-state index contributed by atoms with van der Waals surface area (Å²) in [6.45, 7) is 0.394. The molecule has 8 nitrogen and oxygen atoms in total. The Bertz CT molecular complexity index is 1370. The lowest BCUT2D eigenvalue weighted by molar-refractivity contribution is -0.136. The number of nitrogens with zero attached hydrogens (tertiary/aromatic N) is 4. The lowest BCUT2D eigenvalue weighted by Crippen LogP contribution is -2.26. The Morgan fingerprint density at radius 1 is 1.17 bits per heavy atom.